The summed E-state index contributed by atoms with van der Waals surface area (Å²) in [5.74, 6) is 1.25. The van der Waals surface area contributed by atoms with E-state index in [1.165, 1.54) is 12.1 Å². The van der Waals surface area contributed by atoms with E-state index in [0.29, 0.717) is 25.4 Å². The topological polar surface area (TPSA) is 63.9 Å². The van der Waals surface area contributed by atoms with Crippen LogP contribution in [0.25, 0.3) is 0 Å². The van der Waals surface area contributed by atoms with Crippen molar-refractivity contribution in [2.75, 3.05) is 12.1 Å². The number of ether oxygens (including phenoxy) is 2. The number of amides is 1. The zero-order valence-electron chi connectivity index (χ0n) is 18.4. The summed E-state index contributed by atoms with van der Waals surface area (Å²) < 4.78 is 30.6. The van der Waals surface area contributed by atoms with Gasteiger partial charge in [-0.3, -0.25) is 9.69 Å². The lowest BCUT2D eigenvalue weighted by Gasteiger charge is -2.21. The largest absolute Gasteiger partial charge is 0.455 e. The molecule has 0 radical (unpaired) electrons. The molecule has 0 atom stereocenters. The SMILES string of the molecule is O=C(Nc1ccccc1F)c1ccc(CN(Cc2ccccc2)Cc2ccc3c(c2)OCO3)o1. The van der Waals surface area contributed by atoms with Gasteiger partial charge in [0.05, 0.1) is 12.2 Å². The quantitative estimate of drug-likeness (QED) is 0.372. The minimum atomic E-state index is -0.500. The number of hydrogen-bond acceptors (Lipinski definition) is 5. The Morgan fingerprint density at radius 1 is 0.824 bits per heavy atom. The summed E-state index contributed by atoms with van der Waals surface area (Å²) in [6.07, 6.45) is 0. The maximum atomic E-state index is 13.9. The Morgan fingerprint density at radius 2 is 1.59 bits per heavy atom. The van der Waals surface area contributed by atoms with Crippen LogP contribution in [0.2, 0.25) is 0 Å². The molecule has 34 heavy (non-hydrogen) atoms. The van der Waals surface area contributed by atoms with Crippen molar-refractivity contribution in [2.45, 2.75) is 19.6 Å². The second-order valence-corrected chi connectivity index (χ2v) is 8.02. The van der Waals surface area contributed by atoms with Crippen molar-refractivity contribution in [3.63, 3.8) is 0 Å². The molecule has 1 aliphatic heterocycles. The van der Waals surface area contributed by atoms with Gasteiger partial charge in [-0.1, -0.05) is 48.5 Å². The predicted octanol–water partition coefficient (Wildman–Crippen LogP) is 5.60. The van der Waals surface area contributed by atoms with Crippen LogP contribution in [0.1, 0.15) is 27.4 Å². The van der Waals surface area contributed by atoms with Gasteiger partial charge in [0.2, 0.25) is 6.79 Å². The first-order valence-electron chi connectivity index (χ1n) is 10.9. The monoisotopic (exact) mass is 458 g/mol. The van der Waals surface area contributed by atoms with E-state index in [0.717, 1.165) is 22.6 Å². The lowest BCUT2D eigenvalue weighted by molar-refractivity contribution is 0.0991. The van der Waals surface area contributed by atoms with Crippen LogP contribution in [0.15, 0.2) is 89.3 Å². The molecule has 1 aromatic heterocycles. The Balaban J connectivity index is 1.31. The molecule has 0 spiro atoms. The third kappa shape index (κ3) is 5.10. The number of anilines is 1. The Bertz CT molecular complexity index is 1290. The van der Waals surface area contributed by atoms with E-state index in [4.69, 9.17) is 13.9 Å². The first-order valence-corrected chi connectivity index (χ1v) is 10.9. The summed E-state index contributed by atoms with van der Waals surface area (Å²) >= 11 is 0. The van der Waals surface area contributed by atoms with E-state index < -0.39 is 11.7 Å². The van der Waals surface area contributed by atoms with Crippen molar-refractivity contribution in [3.05, 3.63) is 113 Å². The fourth-order valence-electron chi connectivity index (χ4n) is 3.86. The van der Waals surface area contributed by atoms with E-state index in [1.807, 2.05) is 36.4 Å². The number of hydrogen-bond donors (Lipinski definition) is 1. The van der Waals surface area contributed by atoms with Crippen molar-refractivity contribution in [3.8, 4) is 11.5 Å². The normalized spacial score (nSPS) is 12.2. The van der Waals surface area contributed by atoms with Gasteiger partial charge < -0.3 is 19.2 Å². The highest BCUT2D eigenvalue weighted by atomic mass is 19.1. The molecule has 0 aliphatic carbocycles. The van der Waals surface area contributed by atoms with E-state index in [-0.39, 0.29) is 18.2 Å². The second-order valence-electron chi connectivity index (χ2n) is 8.02. The van der Waals surface area contributed by atoms with Crippen molar-refractivity contribution >= 4 is 11.6 Å². The van der Waals surface area contributed by atoms with Crippen LogP contribution in [0.3, 0.4) is 0 Å². The maximum absolute atomic E-state index is 13.9. The molecule has 0 fully saturated rings. The smallest absolute Gasteiger partial charge is 0.291 e. The molecule has 1 amide bonds. The van der Waals surface area contributed by atoms with Gasteiger partial charge in [-0.05, 0) is 47.5 Å². The lowest BCUT2D eigenvalue weighted by atomic mass is 10.1. The highest BCUT2D eigenvalue weighted by Crippen LogP contribution is 2.33. The molecule has 1 aliphatic rings. The molecule has 1 N–H and O–H groups in total. The zero-order valence-corrected chi connectivity index (χ0v) is 18.4. The van der Waals surface area contributed by atoms with Crippen LogP contribution in [0, 0.1) is 5.82 Å². The highest BCUT2D eigenvalue weighted by molar-refractivity contribution is 6.02. The molecule has 0 saturated carbocycles. The Labute approximate surface area is 196 Å². The van der Waals surface area contributed by atoms with Crippen molar-refractivity contribution in [1.29, 1.82) is 0 Å². The van der Waals surface area contributed by atoms with Crippen LogP contribution in [-0.2, 0) is 19.6 Å². The number of para-hydroxylation sites is 1. The molecule has 0 unspecified atom stereocenters. The first-order chi connectivity index (χ1) is 16.6. The number of carbonyl (C=O) groups excluding carboxylic acids is 1. The molecule has 3 aromatic carbocycles. The van der Waals surface area contributed by atoms with Gasteiger partial charge in [0.1, 0.15) is 11.6 Å². The molecule has 6 nitrogen and oxygen atoms in total. The highest BCUT2D eigenvalue weighted by Gasteiger charge is 2.18. The second kappa shape index (κ2) is 9.80. The number of benzene rings is 3. The summed E-state index contributed by atoms with van der Waals surface area (Å²) in [5, 5.41) is 2.55. The summed E-state index contributed by atoms with van der Waals surface area (Å²) in [6.45, 7) is 2.04. The van der Waals surface area contributed by atoms with Crippen LogP contribution in [0.5, 0.6) is 11.5 Å². The molecule has 4 aromatic rings. The number of rotatable bonds is 8. The molecule has 172 valence electrons. The van der Waals surface area contributed by atoms with Crippen LogP contribution in [0.4, 0.5) is 10.1 Å². The summed E-state index contributed by atoms with van der Waals surface area (Å²) in [5.41, 5.74) is 2.34. The summed E-state index contributed by atoms with van der Waals surface area (Å²) in [6, 6.07) is 25.4. The molecule has 7 heteroatoms. The molecule has 0 saturated heterocycles. The number of fused-ring (bicyclic) bond motifs is 1. The summed E-state index contributed by atoms with van der Waals surface area (Å²) in [7, 11) is 0. The minimum Gasteiger partial charge on any atom is -0.455 e. The average molecular weight is 458 g/mol. The first kappa shape index (κ1) is 21.7. The predicted molar refractivity (Wildman–Crippen MR) is 125 cm³/mol. The molecule has 5 rings (SSSR count). The minimum absolute atomic E-state index is 0.110. The Morgan fingerprint density at radius 3 is 2.44 bits per heavy atom. The fourth-order valence-corrected chi connectivity index (χ4v) is 3.86. The van der Waals surface area contributed by atoms with Crippen molar-refractivity contribution in [2.24, 2.45) is 0 Å². The number of halogens is 1. The van der Waals surface area contributed by atoms with E-state index in [2.05, 4.69) is 22.3 Å². The van der Waals surface area contributed by atoms with Crippen LogP contribution in [-0.4, -0.2) is 17.6 Å². The average Bonchev–Trinajstić information content (AvgIpc) is 3.50. The third-order valence-electron chi connectivity index (χ3n) is 5.48. The molecule has 2 heterocycles. The number of nitrogens with one attached hydrogen (secondary N) is 1. The van der Waals surface area contributed by atoms with Gasteiger partial charge in [0.25, 0.3) is 5.91 Å². The van der Waals surface area contributed by atoms with Crippen molar-refractivity contribution in [1.82, 2.24) is 4.90 Å². The number of carbonyl (C=O) groups is 1. The number of nitrogens with zero attached hydrogens (tertiary/aromatic N) is 1. The van der Waals surface area contributed by atoms with Gasteiger partial charge in [-0.25, -0.2) is 4.39 Å². The van der Waals surface area contributed by atoms with Crippen LogP contribution >= 0.6 is 0 Å². The molecular weight excluding hydrogens is 435 g/mol. The molecular formula is C27H23FN2O4. The Kier molecular flexibility index (Phi) is 6.27. The van der Waals surface area contributed by atoms with E-state index >= 15 is 0 Å². The van der Waals surface area contributed by atoms with Gasteiger partial charge in [0.15, 0.2) is 17.3 Å². The van der Waals surface area contributed by atoms with Crippen LogP contribution < -0.4 is 14.8 Å². The van der Waals surface area contributed by atoms with Gasteiger partial charge in [-0.2, -0.15) is 0 Å². The maximum Gasteiger partial charge on any atom is 0.291 e. The van der Waals surface area contributed by atoms with Crippen molar-refractivity contribution < 1.29 is 23.1 Å². The van der Waals surface area contributed by atoms with Gasteiger partial charge in [-0.15, -0.1) is 0 Å². The Hall–Kier alpha value is -4.10. The standard InChI is InChI=1S/C27H23FN2O4/c28-22-8-4-5-9-23(22)29-27(31)25-13-11-21(34-25)17-30(15-19-6-2-1-3-7-19)16-20-10-12-24-26(14-20)33-18-32-24/h1-14H,15-18H2,(H,29,31). The zero-order chi connectivity index (χ0) is 23.3. The third-order valence-corrected chi connectivity index (χ3v) is 5.48. The lowest BCUT2D eigenvalue weighted by Crippen LogP contribution is -2.22. The van der Waals surface area contributed by atoms with Gasteiger partial charge in [0, 0.05) is 13.1 Å². The van der Waals surface area contributed by atoms with E-state index in [1.54, 1.807) is 24.3 Å². The number of furan rings is 1. The van der Waals surface area contributed by atoms with Gasteiger partial charge >= 0.3 is 0 Å². The summed E-state index contributed by atoms with van der Waals surface area (Å²) in [4.78, 5) is 14.8. The van der Waals surface area contributed by atoms with E-state index in [9.17, 15) is 9.18 Å². The fraction of sp³-hybridized carbons (Fsp3) is 0.148. The molecule has 0 bridgehead atoms.